The lowest BCUT2D eigenvalue weighted by atomic mass is 10.1. The molecule has 0 N–H and O–H groups in total. The predicted octanol–water partition coefficient (Wildman–Crippen LogP) is 4.80. The van der Waals surface area contributed by atoms with Crippen LogP contribution in [0.3, 0.4) is 0 Å². The highest BCUT2D eigenvalue weighted by Gasteiger charge is 2.37. The second-order valence-electron chi connectivity index (χ2n) is 5.94. The van der Waals surface area contributed by atoms with Crippen LogP contribution in [0.25, 0.3) is 0 Å². The molecule has 0 aromatic heterocycles. The molecule has 1 heterocycles. The van der Waals surface area contributed by atoms with Crippen molar-refractivity contribution >= 4 is 44.9 Å². The van der Waals surface area contributed by atoms with Crippen molar-refractivity contribution in [2.75, 3.05) is 18.1 Å². The Morgan fingerprint density at radius 1 is 1.12 bits per heavy atom. The zero-order chi connectivity index (χ0) is 18.0. The van der Waals surface area contributed by atoms with Gasteiger partial charge in [0.2, 0.25) is 0 Å². The number of halogens is 2. The minimum atomic E-state index is -0.458. The quantitative estimate of drug-likeness (QED) is 0.496. The lowest BCUT2D eigenvalue weighted by Gasteiger charge is -2.18. The molecule has 0 aliphatic carbocycles. The average molecular weight is 423 g/mol. The molecule has 0 bridgehead atoms. The zero-order valence-corrected chi connectivity index (χ0v) is 16.1. The molecule has 6 heteroatoms. The van der Waals surface area contributed by atoms with Crippen molar-refractivity contribution in [2.24, 2.45) is 0 Å². The SMILES string of the molecule is Cc1cc(Br)c2c(c1)C(=O)C(=O)N2CCCCOc1ccc(Cl)cc1. The maximum Gasteiger partial charge on any atom is 0.299 e. The summed E-state index contributed by atoms with van der Waals surface area (Å²) in [5.74, 6) is -0.128. The summed E-state index contributed by atoms with van der Waals surface area (Å²) in [4.78, 5) is 26.0. The van der Waals surface area contributed by atoms with E-state index in [9.17, 15) is 9.59 Å². The number of aryl methyl sites for hydroxylation is 1. The van der Waals surface area contributed by atoms with Crippen molar-refractivity contribution in [1.82, 2.24) is 0 Å². The second kappa shape index (κ2) is 7.58. The Bertz CT molecular complexity index is 820. The van der Waals surface area contributed by atoms with Gasteiger partial charge in [0, 0.05) is 16.0 Å². The van der Waals surface area contributed by atoms with Crippen LogP contribution >= 0.6 is 27.5 Å². The smallest absolute Gasteiger partial charge is 0.299 e. The highest BCUT2D eigenvalue weighted by Crippen LogP contribution is 2.37. The summed E-state index contributed by atoms with van der Waals surface area (Å²) in [6.07, 6.45) is 1.52. The van der Waals surface area contributed by atoms with Gasteiger partial charge in [-0.15, -0.1) is 0 Å². The molecule has 3 rings (SSSR count). The Labute approximate surface area is 159 Å². The van der Waals surface area contributed by atoms with E-state index in [2.05, 4.69) is 15.9 Å². The summed E-state index contributed by atoms with van der Waals surface area (Å²) in [6.45, 7) is 2.93. The van der Waals surface area contributed by atoms with Gasteiger partial charge in [-0.05, 0) is 77.7 Å². The molecule has 1 aliphatic rings. The Hall–Kier alpha value is -1.85. The first-order valence-corrected chi connectivity index (χ1v) is 9.19. The van der Waals surface area contributed by atoms with Crippen molar-refractivity contribution in [3.63, 3.8) is 0 Å². The fraction of sp³-hybridized carbons (Fsp3) is 0.263. The van der Waals surface area contributed by atoms with Crippen molar-refractivity contribution in [3.8, 4) is 5.75 Å². The molecule has 0 unspecified atom stereocenters. The Balaban J connectivity index is 1.56. The highest BCUT2D eigenvalue weighted by atomic mass is 79.9. The molecule has 0 fully saturated rings. The molecule has 0 atom stereocenters. The third kappa shape index (κ3) is 3.88. The molecule has 1 aliphatic heterocycles. The maximum atomic E-state index is 12.3. The van der Waals surface area contributed by atoms with Gasteiger partial charge in [-0.25, -0.2) is 0 Å². The van der Waals surface area contributed by atoms with Crippen molar-refractivity contribution < 1.29 is 14.3 Å². The molecule has 0 saturated carbocycles. The molecule has 0 spiro atoms. The summed E-state index contributed by atoms with van der Waals surface area (Å²) in [5.41, 5.74) is 2.11. The van der Waals surface area contributed by atoms with E-state index in [4.69, 9.17) is 16.3 Å². The van der Waals surface area contributed by atoms with Gasteiger partial charge >= 0.3 is 0 Å². The molecule has 4 nitrogen and oxygen atoms in total. The van der Waals surface area contributed by atoms with Crippen molar-refractivity contribution in [2.45, 2.75) is 19.8 Å². The van der Waals surface area contributed by atoms with E-state index in [1.165, 1.54) is 0 Å². The van der Waals surface area contributed by atoms with E-state index < -0.39 is 11.7 Å². The van der Waals surface area contributed by atoms with Gasteiger partial charge in [-0.2, -0.15) is 0 Å². The monoisotopic (exact) mass is 421 g/mol. The van der Waals surface area contributed by atoms with E-state index in [-0.39, 0.29) is 0 Å². The summed E-state index contributed by atoms with van der Waals surface area (Å²) >= 11 is 9.30. The van der Waals surface area contributed by atoms with Crippen LogP contribution in [0.2, 0.25) is 5.02 Å². The van der Waals surface area contributed by atoms with Crippen LogP contribution in [0.4, 0.5) is 5.69 Å². The first kappa shape index (κ1) is 18.0. The molecule has 25 heavy (non-hydrogen) atoms. The Morgan fingerprint density at radius 2 is 1.84 bits per heavy atom. The molecule has 130 valence electrons. The Morgan fingerprint density at radius 3 is 2.56 bits per heavy atom. The third-order valence-electron chi connectivity index (χ3n) is 4.02. The topological polar surface area (TPSA) is 46.6 Å². The van der Waals surface area contributed by atoms with Crippen LogP contribution in [0.5, 0.6) is 5.75 Å². The number of carbonyl (C=O) groups is 2. The number of unbranched alkanes of at least 4 members (excludes halogenated alkanes) is 1. The summed E-state index contributed by atoms with van der Waals surface area (Å²) in [7, 11) is 0. The molecular weight excluding hydrogens is 406 g/mol. The number of fused-ring (bicyclic) bond motifs is 1. The molecule has 1 amide bonds. The number of carbonyl (C=O) groups excluding carboxylic acids is 2. The van der Waals surface area contributed by atoms with Gasteiger partial charge in [-0.3, -0.25) is 9.59 Å². The van der Waals surface area contributed by atoms with Crippen LogP contribution in [-0.2, 0) is 4.79 Å². The number of Topliss-reactive ketones (excluding diaryl/α,β-unsaturated/α-hetero) is 1. The minimum absolute atomic E-state index is 0.434. The first-order valence-electron chi connectivity index (χ1n) is 8.02. The molecule has 2 aromatic rings. The van der Waals surface area contributed by atoms with Crippen molar-refractivity contribution in [3.05, 3.63) is 57.0 Å². The number of benzene rings is 2. The largest absolute Gasteiger partial charge is 0.494 e. The number of rotatable bonds is 6. The van der Waals surface area contributed by atoms with E-state index in [1.54, 1.807) is 23.1 Å². The fourth-order valence-corrected chi connectivity index (χ4v) is 3.74. The minimum Gasteiger partial charge on any atom is -0.494 e. The molecule has 0 saturated heterocycles. The summed E-state index contributed by atoms with van der Waals surface area (Å²) < 4.78 is 6.42. The number of ketones is 1. The zero-order valence-electron chi connectivity index (χ0n) is 13.7. The van der Waals surface area contributed by atoms with Gasteiger partial charge in [0.1, 0.15) is 5.75 Å². The summed E-state index contributed by atoms with van der Waals surface area (Å²) in [6, 6.07) is 10.9. The number of anilines is 1. The standard InChI is InChI=1S/C19H17BrClNO3/c1-12-10-15-17(16(20)11-12)22(19(24)18(15)23)8-2-3-9-25-14-6-4-13(21)5-7-14/h4-7,10-11H,2-3,8-9H2,1H3. The second-order valence-corrected chi connectivity index (χ2v) is 7.23. The van der Waals surface area contributed by atoms with Gasteiger partial charge in [-0.1, -0.05) is 11.6 Å². The predicted molar refractivity (Wildman–Crippen MR) is 102 cm³/mol. The molecule has 0 radical (unpaired) electrons. The van der Waals surface area contributed by atoms with Crippen LogP contribution in [-0.4, -0.2) is 24.8 Å². The lowest BCUT2D eigenvalue weighted by molar-refractivity contribution is -0.114. The van der Waals surface area contributed by atoms with Gasteiger partial charge in [0.25, 0.3) is 11.7 Å². The van der Waals surface area contributed by atoms with Crippen LogP contribution in [0, 0.1) is 6.92 Å². The van der Waals surface area contributed by atoms with E-state index in [0.29, 0.717) is 29.4 Å². The third-order valence-corrected chi connectivity index (χ3v) is 4.88. The molecule has 2 aromatic carbocycles. The normalized spacial score (nSPS) is 13.3. The molecular formula is C19H17BrClNO3. The van der Waals surface area contributed by atoms with E-state index in [1.807, 2.05) is 25.1 Å². The van der Waals surface area contributed by atoms with Crippen LogP contribution < -0.4 is 9.64 Å². The number of ether oxygens (including phenoxy) is 1. The van der Waals surface area contributed by atoms with E-state index in [0.717, 1.165) is 28.6 Å². The van der Waals surface area contributed by atoms with Crippen LogP contribution in [0.15, 0.2) is 40.9 Å². The fourth-order valence-electron chi connectivity index (χ4n) is 2.83. The van der Waals surface area contributed by atoms with Crippen molar-refractivity contribution in [1.29, 1.82) is 0 Å². The van der Waals surface area contributed by atoms with Gasteiger partial charge in [0.05, 0.1) is 17.9 Å². The number of amides is 1. The lowest BCUT2D eigenvalue weighted by Crippen LogP contribution is -2.31. The number of hydrogen-bond donors (Lipinski definition) is 0. The number of nitrogens with zero attached hydrogens (tertiary/aromatic N) is 1. The average Bonchev–Trinajstić information content (AvgIpc) is 2.81. The van der Waals surface area contributed by atoms with Crippen LogP contribution in [0.1, 0.15) is 28.8 Å². The highest BCUT2D eigenvalue weighted by molar-refractivity contribution is 9.10. The first-order chi connectivity index (χ1) is 12.0. The Kier molecular flexibility index (Phi) is 5.45. The van der Waals surface area contributed by atoms with Gasteiger partial charge in [0.15, 0.2) is 0 Å². The van der Waals surface area contributed by atoms with E-state index >= 15 is 0 Å². The number of hydrogen-bond acceptors (Lipinski definition) is 3. The summed E-state index contributed by atoms with van der Waals surface area (Å²) in [5, 5.41) is 0.670. The van der Waals surface area contributed by atoms with Gasteiger partial charge < -0.3 is 9.64 Å². The maximum absolute atomic E-state index is 12.3.